The van der Waals surface area contributed by atoms with Crippen molar-refractivity contribution in [3.8, 4) is 11.5 Å². The van der Waals surface area contributed by atoms with Crippen molar-refractivity contribution in [1.82, 2.24) is 5.32 Å². The van der Waals surface area contributed by atoms with Crippen LogP contribution in [0, 0.1) is 23.7 Å². The molecule has 204 valence electrons. The van der Waals surface area contributed by atoms with Gasteiger partial charge in [0.1, 0.15) is 0 Å². The number of fused-ring (bicyclic) bond motifs is 2. The minimum atomic E-state index is -0.899. The number of hydrogen-bond donors (Lipinski definition) is 3. The van der Waals surface area contributed by atoms with Crippen LogP contribution in [0.3, 0.4) is 0 Å². The van der Waals surface area contributed by atoms with E-state index >= 15 is 0 Å². The minimum absolute atomic E-state index is 0.0112. The topological polar surface area (TPSA) is 133 Å². The van der Waals surface area contributed by atoms with Crippen molar-refractivity contribution in [2.24, 2.45) is 23.7 Å². The Kier molecular flexibility index (Phi) is 7.12. The van der Waals surface area contributed by atoms with Gasteiger partial charge in [-0.25, -0.2) is 9.78 Å². The van der Waals surface area contributed by atoms with Gasteiger partial charge in [0.15, 0.2) is 23.4 Å². The summed E-state index contributed by atoms with van der Waals surface area (Å²) < 4.78 is 18.3. The summed E-state index contributed by atoms with van der Waals surface area (Å²) in [6.07, 6.45) is 2.50. The number of carbonyl (C=O) groups is 2. The van der Waals surface area contributed by atoms with Gasteiger partial charge in [0.2, 0.25) is 18.0 Å². The number of carbonyl (C=O) groups excluding carboxylic acids is 2. The molecule has 1 aromatic rings. The molecule has 10 nitrogen and oxygen atoms in total. The highest BCUT2D eigenvalue weighted by molar-refractivity contribution is 5.81. The smallest absolute Gasteiger partial charge is 0.308 e. The number of rotatable bonds is 7. The summed E-state index contributed by atoms with van der Waals surface area (Å²) in [4.78, 5) is 36.8. The quantitative estimate of drug-likeness (QED) is 0.282. The largest absolute Gasteiger partial charge is 0.504 e. The van der Waals surface area contributed by atoms with Crippen molar-refractivity contribution < 1.29 is 43.8 Å². The molecule has 1 aromatic carbocycles. The van der Waals surface area contributed by atoms with Crippen molar-refractivity contribution in [2.45, 2.75) is 89.7 Å². The van der Waals surface area contributed by atoms with Gasteiger partial charge in [0.05, 0.1) is 6.42 Å². The zero-order chi connectivity index (χ0) is 26.4. The van der Waals surface area contributed by atoms with Gasteiger partial charge in [0.25, 0.3) is 0 Å². The summed E-state index contributed by atoms with van der Waals surface area (Å²) in [6.45, 7) is 6.44. The molecule has 4 aliphatic heterocycles. The number of phenolic OH excluding ortho intramolecular Hbond substituents is 2. The molecule has 4 heterocycles. The van der Waals surface area contributed by atoms with E-state index in [9.17, 15) is 19.8 Å². The van der Waals surface area contributed by atoms with Gasteiger partial charge in [0, 0.05) is 31.2 Å². The van der Waals surface area contributed by atoms with Gasteiger partial charge in [-0.1, -0.05) is 19.9 Å². The van der Waals surface area contributed by atoms with E-state index in [2.05, 4.69) is 12.2 Å². The molecule has 37 heavy (non-hydrogen) atoms. The highest BCUT2D eigenvalue weighted by Gasteiger charge is 2.69. The number of hydrogen-bond acceptors (Lipinski definition) is 9. The maximum absolute atomic E-state index is 12.7. The van der Waals surface area contributed by atoms with Crippen LogP contribution in [0.25, 0.3) is 0 Å². The van der Waals surface area contributed by atoms with Gasteiger partial charge >= 0.3 is 5.97 Å². The van der Waals surface area contributed by atoms with Crippen LogP contribution >= 0.6 is 0 Å². The second kappa shape index (κ2) is 10.1. The number of aromatic hydroxyl groups is 2. The van der Waals surface area contributed by atoms with E-state index in [4.69, 9.17) is 24.0 Å². The lowest BCUT2D eigenvalue weighted by Gasteiger charge is -2.59. The summed E-state index contributed by atoms with van der Waals surface area (Å²) >= 11 is 0. The lowest BCUT2D eigenvalue weighted by Crippen LogP contribution is -2.70. The maximum atomic E-state index is 12.7. The highest BCUT2D eigenvalue weighted by Crippen LogP contribution is 2.60. The SMILES string of the molecule is C[C@H]1[C@H](OC(=O)CCC(=O)NCCc2ccc(O)c(O)c2)O[C@@H]2OC3(C)CC[C@H]4[C@H](C)CC[C@@H]1C24OO3. The van der Waals surface area contributed by atoms with Crippen molar-refractivity contribution >= 4 is 11.9 Å². The Hall–Kier alpha value is -2.40. The lowest BCUT2D eigenvalue weighted by molar-refractivity contribution is -0.576. The van der Waals surface area contributed by atoms with Crippen LogP contribution in [0.2, 0.25) is 0 Å². The molecular formula is C27H37NO9. The summed E-state index contributed by atoms with van der Waals surface area (Å²) in [6, 6.07) is 4.52. The molecular weight excluding hydrogens is 482 g/mol. The first kappa shape index (κ1) is 26.2. The average Bonchev–Trinajstić information content (AvgIpc) is 3.09. The Labute approximate surface area is 216 Å². The zero-order valence-electron chi connectivity index (χ0n) is 21.6. The number of esters is 1. The first-order chi connectivity index (χ1) is 17.6. The Morgan fingerprint density at radius 1 is 1.08 bits per heavy atom. The van der Waals surface area contributed by atoms with Crippen LogP contribution in [0.4, 0.5) is 0 Å². The molecule has 8 atom stereocenters. The number of phenols is 2. The number of benzene rings is 1. The monoisotopic (exact) mass is 519 g/mol. The Morgan fingerprint density at radius 3 is 2.68 bits per heavy atom. The summed E-state index contributed by atoms with van der Waals surface area (Å²) in [7, 11) is 0. The molecule has 0 aromatic heterocycles. The lowest BCUT2D eigenvalue weighted by atomic mass is 9.58. The van der Waals surface area contributed by atoms with E-state index < -0.39 is 29.9 Å². The zero-order valence-corrected chi connectivity index (χ0v) is 21.6. The molecule has 5 aliphatic rings. The first-order valence-electron chi connectivity index (χ1n) is 13.3. The van der Waals surface area contributed by atoms with Crippen LogP contribution in [0.15, 0.2) is 18.2 Å². The van der Waals surface area contributed by atoms with Crippen LogP contribution < -0.4 is 5.32 Å². The van der Waals surface area contributed by atoms with E-state index in [0.717, 1.165) is 24.8 Å². The maximum Gasteiger partial charge on any atom is 0.308 e. The van der Waals surface area contributed by atoms with Gasteiger partial charge in [-0.05, 0) is 62.1 Å². The molecule has 4 saturated heterocycles. The van der Waals surface area contributed by atoms with E-state index in [-0.39, 0.29) is 48.0 Å². The third-order valence-electron chi connectivity index (χ3n) is 8.68. The van der Waals surface area contributed by atoms with Gasteiger partial charge in [-0.3, -0.25) is 9.59 Å². The van der Waals surface area contributed by atoms with Crippen molar-refractivity contribution in [2.75, 3.05) is 6.54 Å². The Morgan fingerprint density at radius 2 is 1.89 bits per heavy atom. The van der Waals surface area contributed by atoms with Crippen molar-refractivity contribution in [3.05, 3.63) is 23.8 Å². The molecule has 2 unspecified atom stereocenters. The van der Waals surface area contributed by atoms with E-state index in [1.807, 2.05) is 13.8 Å². The number of amides is 1. The van der Waals surface area contributed by atoms with E-state index in [1.54, 1.807) is 6.07 Å². The summed E-state index contributed by atoms with van der Waals surface area (Å²) in [5.41, 5.74) is 0.0534. The Balaban J connectivity index is 1.14. The minimum Gasteiger partial charge on any atom is -0.504 e. The molecule has 0 radical (unpaired) electrons. The van der Waals surface area contributed by atoms with Crippen LogP contribution in [0.5, 0.6) is 11.5 Å². The summed E-state index contributed by atoms with van der Waals surface area (Å²) in [5, 5.41) is 21.7. The molecule has 2 bridgehead atoms. The first-order valence-corrected chi connectivity index (χ1v) is 13.3. The van der Waals surface area contributed by atoms with Crippen LogP contribution in [-0.4, -0.2) is 52.6 Å². The fraction of sp³-hybridized carbons (Fsp3) is 0.704. The fourth-order valence-electron chi connectivity index (χ4n) is 6.57. The molecule has 1 spiro atoms. The highest BCUT2D eigenvalue weighted by atomic mass is 17.3. The predicted molar refractivity (Wildman–Crippen MR) is 129 cm³/mol. The molecule has 6 rings (SSSR count). The molecule has 1 saturated carbocycles. The van der Waals surface area contributed by atoms with Crippen LogP contribution in [-0.2, 0) is 40.0 Å². The fourth-order valence-corrected chi connectivity index (χ4v) is 6.57. The van der Waals surface area contributed by atoms with Crippen molar-refractivity contribution in [3.63, 3.8) is 0 Å². The Bertz CT molecular complexity index is 1030. The van der Waals surface area contributed by atoms with Gasteiger partial charge in [-0.2, -0.15) is 0 Å². The van der Waals surface area contributed by atoms with E-state index in [1.165, 1.54) is 12.1 Å². The molecule has 10 heteroatoms. The normalized spacial score (nSPS) is 38.4. The standard InChI is InChI=1S/C27H37NO9/c1-15-4-6-19-16(2)24(34-25-27(19)18(15)10-12-26(3,35-25)36-37-27)33-23(32)9-8-22(31)28-13-11-17-5-7-20(29)21(30)14-17/h5,7,14-16,18-19,24-25,29-30H,4,6,8-13H2,1-3H3,(H,28,31)/t15-,16-,18+,19+,24-,25-,26?,27?/m1/s1. The summed E-state index contributed by atoms with van der Waals surface area (Å²) in [5.74, 6) is -1.47. The average molecular weight is 520 g/mol. The number of nitrogens with one attached hydrogen (secondary N) is 1. The van der Waals surface area contributed by atoms with Gasteiger partial charge < -0.3 is 29.7 Å². The second-order valence-corrected chi connectivity index (χ2v) is 11.2. The van der Waals surface area contributed by atoms with E-state index in [0.29, 0.717) is 25.3 Å². The molecule has 1 aliphatic carbocycles. The number of ether oxygens (including phenoxy) is 3. The molecule has 5 fully saturated rings. The van der Waals surface area contributed by atoms with Gasteiger partial charge in [-0.15, -0.1) is 0 Å². The second-order valence-electron chi connectivity index (χ2n) is 11.2. The molecule has 3 N–H and O–H groups in total. The molecule has 1 amide bonds. The third kappa shape index (κ3) is 4.92. The van der Waals surface area contributed by atoms with Crippen molar-refractivity contribution in [1.29, 1.82) is 0 Å². The predicted octanol–water partition coefficient (Wildman–Crippen LogP) is 3.29. The third-order valence-corrected chi connectivity index (χ3v) is 8.68. The van der Waals surface area contributed by atoms with Crippen LogP contribution in [0.1, 0.15) is 64.9 Å².